The first-order valence-corrected chi connectivity index (χ1v) is 7.55. The van der Waals surface area contributed by atoms with Crippen LogP contribution in [0.25, 0.3) is 0 Å². The molecule has 0 saturated heterocycles. The fraction of sp³-hybridized carbons (Fsp3) is 0.769. The Morgan fingerprint density at radius 1 is 1.35 bits per heavy atom. The number of aromatic nitrogens is 2. The molecule has 0 radical (unpaired) electrons. The van der Waals surface area contributed by atoms with Gasteiger partial charge < -0.3 is 5.32 Å². The first-order chi connectivity index (χ1) is 9.34. The molecule has 1 saturated carbocycles. The van der Waals surface area contributed by atoms with Crippen molar-refractivity contribution >= 4 is 15.9 Å². The lowest BCUT2D eigenvalue weighted by molar-refractivity contribution is -0.184. The van der Waals surface area contributed by atoms with E-state index in [1.165, 1.54) is 0 Å². The average Bonchev–Trinajstić information content (AvgIpc) is 2.71. The molecule has 20 heavy (non-hydrogen) atoms. The van der Waals surface area contributed by atoms with Gasteiger partial charge in [0, 0.05) is 7.05 Å². The Kier molecular flexibility index (Phi) is 4.79. The third-order valence-electron chi connectivity index (χ3n) is 4.25. The number of nitrogens with one attached hydrogen (secondary N) is 1. The van der Waals surface area contributed by atoms with Crippen LogP contribution in [-0.2, 0) is 7.05 Å². The third kappa shape index (κ3) is 3.19. The van der Waals surface area contributed by atoms with Crippen molar-refractivity contribution in [1.29, 1.82) is 0 Å². The number of aryl methyl sites for hydroxylation is 1. The molecule has 0 spiro atoms. The highest BCUT2D eigenvalue weighted by atomic mass is 79.9. The minimum absolute atomic E-state index is 0.0334. The van der Waals surface area contributed by atoms with Crippen LogP contribution in [0.1, 0.15) is 37.4 Å². The molecule has 1 aliphatic carbocycles. The van der Waals surface area contributed by atoms with Crippen LogP contribution >= 0.6 is 15.9 Å². The Balaban J connectivity index is 2.08. The van der Waals surface area contributed by atoms with E-state index >= 15 is 0 Å². The zero-order valence-electron chi connectivity index (χ0n) is 11.5. The Morgan fingerprint density at radius 3 is 2.35 bits per heavy atom. The van der Waals surface area contributed by atoms with E-state index in [0.717, 1.165) is 10.2 Å². The van der Waals surface area contributed by atoms with E-state index in [9.17, 15) is 13.2 Å². The summed E-state index contributed by atoms with van der Waals surface area (Å²) >= 11 is 3.47. The lowest BCUT2D eigenvalue weighted by Crippen LogP contribution is -2.34. The minimum Gasteiger partial charge on any atom is -0.311 e. The zero-order valence-corrected chi connectivity index (χ0v) is 13.1. The van der Waals surface area contributed by atoms with E-state index in [-0.39, 0.29) is 24.8 Å². The van der Waals surface area contributed by atoms with Crippen LogP contribution in [0.2, 0.25) is 0 Å². The maximum absolute atomic E-state index is 12.7. The van der Waals surface area contributed by atoms with Crippen molar-refractivity contribution in [3.05, 3.63) is 16.4 Å². The summed E-state index contributed by atoms with van der Waals surface area (Å²) in [6.07, 6.45) is -0.696. The molecule has 1 heterocycles. The molecule has 1 aromatic heterocycles. The molecule has 1 fully saturated rings. The van der Waals surface area contributed by atoms with Crippen LogP contribution in [0, 0.1) is 11.8 Å². The van der Waals surface area contributed by atoms with E-state index in [0.29, 0.717) is 12.8 Å². The average molecular weight is 354 g/mol. The summed E-state index contributed by atoms with van der Waals surface area (Å²) in [6.45, 7) is 0. The molecule has 1 N–H and O–H groups in total. The van der Waals surface area contributed by atoms with E-state index in [1.807, 2.05) is 14.1 Å². The quantitative estimate of drug-likeness (QED) is 0.895. The lowest BCUT2D eigenvalue weighted by Gasteiger charge is -2.34. The largest absolute Gasteiger partial charge is 0.391 e. The molecule has 0 aliphatic heterocycles. The molecule has 0 aromatic carbocycles. The Hall–Kier alpha value is -0.560. The SMILES string of the molecule is CNC(c1c(Br)cnn1C)C1CCC(C(F)(F)F)CC1. The summed E-state index contributed by atoms with van der Waals surface area (Å²) in [7, 11) is 3.70. The van der Waals surface area contributed by atoms with Gasteiger partial charge in [-0.15, -0.1) is 0 Å². The molecule has 7 heteroatoms. The van der Waals surface area contributed by atoms with Gasteiger partial charge in [0.15, 0.2) is 0 Å². The van der Waals surface area contributed by atoms with E-state index in [1.54, 1.807) is 10.9 Å². The highest BCUT2D eigenvalue weighted by Gasteiger charge is 2.42. The van der Waals surface area contributed by atoms with Gasteiger partial charge in [-0.2, -0.15) is 18.3 Å². The second-order valence-electron chi connectivity index (χ2n) is 5.42. The molecule has 1 aliphatic rings. The normalized spacial score (nSPS) is 25.7. The van der Waals surface area contributed by atoms with Gasteiger partial charge in [-0.05, 0) is 54.6 Å². The van der Waals surface area contributed by atoms with Crippen LogP contribution in [0.15, 0.2) is 10.7 Å². The first-order valence-electron chi connectivity index (χ1n) is 6.76. The highest BCUT2D eigenvalue weighted by molar-refractivity contribution is 9.10. The number of nitrogens with zero attached hydrogens (tertiary/aromatic N) is 2. The van der Waals surface area contributed by atoms with Crippen LogP contribution in [0.3, 0.4) is 0 Å². The fourth-order valence-electron chi connectivity index (χ4n) is 3.15. The second-order valence-corrected chi connectivity index (χ2v) is 6.28. The van der Waals surface area contributed by atoms with Gasteiger partial charge in [-0.25, -0.2) is 0 Å². The Bertz CT molecular complexity index is 431. The van der Waals surface area contributed by atoms with Crippen LogP contribution < -0.4 is 5.32 Å². The van der Waals surface area contributed by atoms with Crippen LogP contribution in [0.5, 0.6) is 0 Å². The number of hydrogen-bond donors (Lipinski definition) is 1. The first kappa shape index (κ1) is 15.8. The fourth-order valence-corrected chi connectivity index (χ4v) is 3.74. The number of hydrogen-bond acceptors (Lipinski definition) is 2. The van der Waals surface area contributed by atoms with Gasteiger partial charge in [0.05, 0.1) is 28.3 Å². The molecule has 1 unspecified atom stereocenters. The van der Waals surface area contributed by atoms with Crippen molar-refractivity contribution in [2.75, 3.05) is 7.05 Å². The van der Waals surface area contributed by atoms with Gasteiger partial charge in [-0.3, -0.25) is 4.68 Å². The monoisotopic (exact) mass is 353 g/mol. The predicted octanol–water partition coefficient (Wildman–Crippen LogP) is 3.81. The highest BCUT2D eigenvalue weighted by Crippen LogP contribution is 2.43. The number of rotatable bonds is 3. The summed E-state index contributed by atoms with van der Waals surface area (Å²) < 4.78 is 40.8. The van der Waals surface area contributed by atoms with E-state index in [2.05, 4.69) is 26.3 Å². The predicted molar refractivity (Wildman–Crippen MR) is 74.2 cm³/mol. The molecule has 1 aromatic rings. The van der Waals surface area contributed by atoms with E-state index in [4.69, 9.17) is 0 Å². The molecule has 1 atom stereocenters. The molecule has 114 valence electrons. The lowest BCUT2D eigenvalue weighted by atomic mass is 9.77. The van der Waals surface area contributed by atoms with Gasteiger partial charge >= 0.3 is 6.18 Å². The minimum atomic E-state index is -4.05. The van der Waals surface area contributed by atoms with Gasteiger partial charge in [0.1, 0.15) is 0 Å². The van der Waals surface area contributed by atoms with Gasteiger partial charge in [-0.1, -0.05) is 0 Å². The molecule has 0 bridgehead atoms. The summed E-state index contributed by atoms with van der Waals surface area (Å²) in [5.41, 5.74) is 1.00. The molecular weight excluding hydrogens is 335 g/mol. The standard InChI is InChI=1S/C13H19BrF3N3/c1-18-11(12-10(14)7-19-20(12)2)8-3-5-9(6-4-8)13(15,16)17/h7-9,11,18H,3-6H2,1-2H3. The summed E-state index contributed by atoms with van der Waals surface area (Å²) in [4.78, 5) is 0. The molecular formula is C13H19BrF3N3. The van der Waals surface area contributed by atoms with Gasteiger partial charge in [0.25, 0.3) is 0 Å². The van der Waals surface area contributed by atoms with Crippen molar-refractivity contribution in [2.45, 2.75) is 37.9 Å². The maximum atomic E-state index is 12.7. The third-order valence-corrected chi connectivity index (χ3v) is 4.86. The Labute approximate surface area is 125 Å². The smallest absolute Gasteiger partial charge is 0.311 e. The molecule has 3 nitrogen and oxygen atoms in total. The van der Waals surface area contributed by atoms with Crippen LogP contribution in [-0.4, -0.2) is 23.0 Å². The van der Waals surface area contributed by atoms with Crippen molar-refractivity contribution < 1.29 is 13.2 Å². The van der Waals surface area contributed by atoms with Crippen molar-refractivity contribution in [1.82, 2.24) is 15.1 Å². The maximum Gasteiger partial charge on any atom is 0.391 e. The summed E-state index contributed by atoms with van der Waals surface area (Å²) in [5.74, 6) is -0.920. The number of alkyl halides is 3. The van der Waals surface area contributed by atoms with Crippen LogP contribution in [0.4, 0.5) is 13.2 Å². The van der Waals surface area contributed by atoms with Crippen molar-refractivity contribution in [2.24, 2.45) is 18.9 Å². The molecule has 0 amide bonds. The van der Waals surface area contributed by atoms with Crippen molar-refractivity contribution in [3.63, 3.8) is 0 Å². The van der Waals surface area contributed by atoms with E-state index < -0.39 is 12.1 Å². The summed E-state index contributed by atoms with van der Waals surface area (Å²) in [6, 6.07) is 0.0334. The van der Waals surface area contributed by atoms with Crippen molar-refractivity contribution in [3.8, 4) is 0 Å². The van der Waals surface area contributed by atoms with Gasteiger partial charge in [0.2, 0.25) is 0 Å². The second kappa shape index (κ2) is 6.05. The topological polar surface area (TPSA) is 29.9 Å². The number of halogens is 4. The zero-order chi connectivity index (χ0) is 14.9. The molecule has 2 rings (SSSR count). The Morgan fingerprint density at radius 2 is 1.95 bits per heavy atom. The summed E-state index contributed by atoms with van der Waals surface area (Å²) in [5, 5.41) is 7.42.